The van der Waals surface area contributed by atoms with E-state index in [9.17, 15) is 21.6 Å². The maximum absolute atomic E-state index is 12.7. The summed E-state index contributed by atoms with van der Waals surface area (Å²) in [4.78, 5) is 15.2. The zero-order valence-corrected chi connectivity index (χ0v) is 22.9. The highest BCUT2D eigenvalue weighted by Gasteiger charge is 2.39. The van der Waals surface area contributed by atoms with E-state index in [1.165, 1.54) is 24.8 Å². The lowest BCUT2D eigenvalue weighted by atomic mass is 9.92. The number of hydrogen-bond acceptors (Lipinski definition) is 9. The molecule has 0 spiro atoms. The summed E-state index contributed by atoms with van der Waals surface area (Å²) in [6.45, 7) is 3.52. The molecule has 1 aromatic carbocycles. The number of alkyl halides is 3. The van der Waals surface area contributed by atoms with Crippen molar-refractivity contribution in [1.29, 1.82) is 0 Å². The lowest BCUT2D eigenvalue weighted by molar-refractivity contribution is -0.142. The minimum absolute atomic E-state index is 0.0447. The van der Waals surface area contributed by atoms with Gasteiger partial charge in [-0.15, -0.1) is 0 Å². The van der Waals surface area contributed by atoms with Gasteiger partial charge in [0, 0.05) is 48.4 Å². The van der Waals surface area contributed by atoms with Crippen LogP contribution in [0.15, 0.2) is 49.1 Å². The Morgan fingerprint density at radius 1 is 1.12 bits per heavy atom. The minimum atomic E-state index is -4.39. The number of nitrogens with two attached hydrogens (primary N) is 1. The number of fused-ring (bicyclic) bond motifs is 1. The fourth-order valence-corrected chi connectivity index (χ4v) is 5.99. The second-order valence-electron chi connectivity index (χ2n) is 10.4. The van der Waals surface area contributed by atoms with Gasteiger partial charge in [-0.2, -0.15) is 18.3 Å². The molecule has 1 aliphatic rings. The molecule has 0 unspecified atom stereocenters. The quantitative estimate of drug-likeness (QED) is 0.319. The molecule has 1 fully saturated rings. The molecule has 1 saturated heterocycles. The number of halogens is 3. The molecule has 3 N–H and O–H groups in total. The van der Waals surface area contributed by atoms with Gasteiger partial charge in [-0.05, 0) is 35.1 Å². The van der Waals surface area contributed by atoms with Crippen LogP contribution in [0.3, 0.4) is 0 Å². The van der Waals surface area contributed by atoms with Gasteiger partial charge in [0.25, 0.3) is 0 Å². The average molecular weight is 575 g/mol. The van der Waals surface area contributed by atoms with Crippen molar-refractivity contribution in [2.45, 2.75) is 38.7 Å². The van der Waals surface area contributed by atoms with Gasteiger partial charge in [-0.3, -0.25) is 4.68 Å². The van der Waals surface area contributed by atoms with Gasteiger partial charge in [0.1, 0.15) is 28.0 Å². The molecule has 10 nitrogen and oxygen atoms in total. The van der Waals surface area contributed by atoms with Gasteiger partial charge in [0.05, 0.1) is 23.7 Å². The first-order chi connectivity index (χ1) is 18.8. The topological polar surface area (TPSA) is 132 Å². The van der Waals surface area contributed by atoms with E-state index in [2.05, 4.69) is 39.2 Å². The number of benzene rings is 1. The Morgan fingerprint density at radius 2 is 1.90 bits per heavy atom. The molecule has 0 aliphatic carbocycles. The first-order valence-electron chi connectivity index (χ1n) is 12.6. The van der Waals surface area contributed by atoms with Crippen molar-refractivity contribution in [2.24, 2.45) is 11.7 Å². The zero-order valence-electron chi connectivity index (χ0n) is 22.1. The van der Waals surface area contributed by atoms with E-state index in [0.29, 0.717) is 23.7 Å². The molecule has 40 heavy (non-hydrogen) atoms. The van der Waals surface area contributed by atoms with E-state index in [1.807, 2.05) is 23.1 Å². The van der Waals surface area contributed by atoms with Crippen molar-refractivity contribution in [1.82, 2.24) is 24.7 Å². The van der Waals surface area contributed by atoms with Crippen molar-refractivity contribution < 1.29 is 21.6 Å². The summed E-state index contributed by atoms with van der Waals surface area (Å²) in [5, 5.41) is 8.77. The molecular weight excluding hydrogens is 545 g/mol. The van der Waals surface area contributed by atoms with E-state index in [0.717, 1.165) is 26.7 Å². The van der Waals surface area contributed by atoms with Crippen molar-refractivity contribution in [2.75, 3.05) is 28.8 Å². The van der Waals surface area contributed by atoms with Gasteiger partial charge in [0.15, 0.2) is 5.82 Å². The maximum Gasteiger partial charge on any atom is 0.408 e. The Kier molecular flexibility index (Phi) is 7.17. The summed E-state index contributed by atoms with van der Waals surface area (Å²) in [5.41, 5.74) is 8.72. The summed E-state index contributed by atoms with van der Waals surface area (Å²) >= 11 is 0. The lowest BCUT2D eigenvalue weighted by Crippen LogP contribution is -2.63. The molecule has 2 atom stereocenters. The maximum atomic E-state index is 12.7. The Balaban J connectivity index is 1.42. The number of nitrogens with one attached hydrogen (secondary N) is 1. The van der Waals surface area contributed by atoms with Crippen molar-refractivity contribution >= 4 is 37.9 Å². The molecule has 212 valence electrons. The fraction of sp³-hybridized carbons (Fsp3) is 0.385. The molecule has 0 radical (unpaired) electrons. The Morgan fingerprint density at radius 3 is 2.58 bits per heavy atom. The predicted octanol–water partition coefficient (Wildman–Crippen LogP) is 4.08. The predicted molar refractivity (Wildman–Crippen MR) is 147 cm³/mol. The minimum Gasteiger partial charge on any atom is -0.355 e. The summed E-state index contributed by atoms with van der Waals surface area (Å²) in [6.07, 6.45) is 2.20. The lowest BCUT2D eigenvalue weighted by Gasteiger charge is -2.47. The highest BCUT2D eigenvalue weighted by molar-refractivity contribution is 7.90. The zero-order chi connectivity index (χ0) is 28.8. The van der Waals surface area contributed by atoms with Crippen molar-refractivity contribution in [3.63, 3.8) is 0 Å². The third-order valence-corrected chi connectivity index (χ3v) is 7.81. The molecule has 0 saturated carbocycles. The third kappa shape index (κ3) is 6.02. The average Bonchev–Trinajstić information content (AvgIpc) is 3.32. The molecule has 5 rings (SSSR count). The number of rotatable bonds is 8. The van der Waals surface area contributed by atoms with Crippen LogP contribution in [0.2, 0.25) is 0 Å². The van der Waals surface area contributed by atoms with Crippen LogP contribution in [0.1, 0.15) is 25.3 Å². The van der Waals surface area contributed by atoms with E-state index < -0.39 is 28.7 Å². The number of anilines is 3. The Hall–Kier alpha value is -3.78. The summed E-state index contributed by atoms with van der Waals surface area (Å²) < 4.78 is 62.4. The Labute approximate surface area is 229 Å². The van der Waals surface area contributed by atoms with Crippen LogP contribution in [0, 0.1) is 5.92 Å². The van der Waals surface area contributed by atoms with Crippen LogP contribution in [-0.4, -0.2) is 64.0 Å². The molecule has 0 amide bonds. The smallest absolute Gasteiger partial charge is 0.355 e. The summed E-state index contributed by atoms with van der Waals surface area (Å²) in [7, 11) is -3.13. The SMILES string of the molecule is CC(C)c1ccc(N2C[C@H](CS(C)(=O)=O)[C@H]2N)c2cnc(Nc3ccnc(-c4cnn(CC(F)(F)F)c4)n3)cc12. The second kappa shape index (κ2) is 10.3. The summed E-state index contributed by atoms with van der Waals surface area (Å²) in [5.74, 6) is 1.27. The van der Waals surface area contributed by atoms with E-state index in [1.54, 1.807) is 12.3 Å². The first kappa shape index (κ1) is 27.8. The van der Waals surface area contributed by atoms with Crippen molar-refractivity contribution in [3.8, 4) is 11.4 Å². The normalized spacial score (nSPS) is 17.9. The van der Waals surface area contributed by atoms with Crippen LogP contribution in [0.4, 0.5) is 30.5 Å². The fourth-order valence-electron chi connectivity index (χ4n) is 4.91. The standard InChI is InChI=1S/C26H29F3N8O2S/c1-15(2)18-4-5-21(37-12-17(24(37)30)13-40(3,38)39)20-10-32-23(8-19(18)20)34-22-6-7-31-25(35-22)16-9-33-36(11-16)14-26(27,28)29/h4-11,15,17,24H,12-14,30H2,1-3H3,(H,31,32,34,35)/t17-,24+/m1/s1. The molecule has 4 heterocycles. The van der Waals surface area contributed by atoms with Crippen LogP contribution >= 0.6 is 0 Å². The molecule has 4 aromatic rings. The Bertz CT molecular complexity index is 1660. The monoisotopic (exact) mass is 574 g/mol. The van der Waals surface area contributed by atoms with E-state index in [-0.39, 0.29) is 23.4 Å². The first-order valence-corrected chi connectivity index (χ1v) is 14.7. The number of aromatic nitrogens is 5. The molecule has 1 aliphatic heterocycles. The largest absolute Gasteiger partial charge is 0.408 e. The van der Waals surface area contributed by atoms with Crippen molar-refractivity contribution in [3.05, 3.63) is 54.6 Å². The third-order valence-electron chi connectivity index (χ3n) is 6.78. The molecule has 14 heteroatoms. The van der Waals surface area contributed by atoms with Crippen LogP contribution in [0.25, 0.3) is 22.2 Å². The number of nitrogens with zero attached hydrogens (tertiary/aromatic N) is 6. The van der Waals surface area contributed by atoms with E-state index >= 15 is 0 Å². The molecule has 0 bridgehead atoms. The van der Waals surface area contributed by atoms with Gasteiger partial charge in [-0.25, -0.2) is 23.4 Å². The highest BCUT2D eigenvalue weighted by Crippen LogP contribution is 2.38. The molecular formula is C26H29F3N8O2S. The molecule has 3 aromatic heterocycles. The van der Waals surface area contributed by atoms with Crippen LogP contribution in [0.5, 0.6) is 0 Å². The van der Waals surface area contributed by atoms with Gasteiger partial charge < -0.3 is 16.0 Å². The van der Waals surface area contributed by atoms with Crippen LogP contribution < -0.4 is 16.0 Å². The van der Waals surface area contributed by atoms with E-state index in [4.69, 9.17) is 5.73 Å². The highest BCUT2D eigenvalue weighted by atomic mass is 32.2. The number of sulfone groups is 1. The number of pyridine rings is 1. The van der Waals surface area contributed by atoms with Gasteiger partial charge in [-0.1, -0.05) is 19.9 Å². The van der Waals surface area contributed by atoms with Crippen LogP contribution in [-0.2, 0) is 16.4 Å². The summed E-state index contributed by atoms with van der Waals surface area (Å²) in [6, 6.07) is 7.59. The number of hydrogen-bond donors (Lipinski definition) is 2. The second-order valence-corrected chi connectivity index (χ2v) is 12.6. The van der Waals surface area contributed by atoms with Gasteiger partial charge in [0.2, 0.25) is 0 Å². The van der Waals surface area contributed by atoms with Gasteiger partial charge >= 0.3 is 6.18 Å².